The average Bonchev–Trinajstić information content (AvgIpc) is 2.79. The molecular weight excluding hydrogens is 498 g/mol. The highest BCUT2D eigenvalue weighted by molar-refractivity contribution is 5.94. The Kier molecular flexibility index (Phi) is 8.13. The number of halogens is 4. The number of hydrogen-bond acceptors (Lipinski definition) is 7. The Labute approximate surface area is 210 Å². The van der Waals surface area contributed by atoms with E-state index in [1.807, 2.05) is 20.8 Å². The zero-order valence-electron chi connectivity index (χ0n) is 20.5. The smallest absolute Gasteiger partial charge is 0.497 e. The van der Waals surface area contributed by atoms with Crippen LogP contribution in [0.1, 0.15) is 55.0 Å². The van der Waals surface area contributed by atoms with E-state index in [0.717, 1.165) is 12.1 Å². The van der Waals surface area contributed by atoms with Crippen LogP contribution in [0.2, 0.25) is 0 Å². The number of rotatable bonds is 8. The number of nitrogens with zero attached hydrogens (tertiary/aromatic N) is 1. The number of hydrogen-bond donors (Lipinski definition) is 3. The van der Waals surface area contributed by atoms with Crippen molar-refractivity contribution in [2.24, 2.45) is 5.73 Å². The van der Waals surface area contributed by atoms with E-state index < -0.39 is 35.8 Å². The van der Waals surface area contributed by atoms with Crippen LogP contribution in [0.3, 0.4) is 0 Å². The van der Waals surface area contributed by atoms with Gasteiger partial charge in [-0.2, -0.15) is 0 Å². The number of alkyl halides is 3. The zero-order chi connectivity index (χ0) is 27.5. The first-order valence-electron chi connectivity index (χ1n) is 11.1. The summed E-state index contributed by atoms with van der Waals surface area (Å²) in [6.07, 6.45) is -3.94. The van der Waals surface area contributed by atoms with Gasteiger partial charge in [0.1, 0.15) is 17.3 Å². The van der Waals surface area contributed by atoms with E-state index >= 15 is 0 Å². The molecule has 0 radical (unpaired) electrons. The molecule has 3 rings (SSSR count). The van der Waals surface area contributed by atoms with Crippen molar-refractivity contribution in [2.45, 2.75) is 51.3 Å². The van der Waals surface area contributed by atoms with E-state index in [0.29, 0.717) is 5.69 Å². The van der Waals surface area contributed by atoms with Gasteiger partial charge in [-0.3, -0.25) is 14.5 Å². The summed E-state index contributed by atoms with van der Waals surface area (Å²) in [5, 5.41) is 13.6. The van der Waals surface area contributed by atoms with Crippen molar-refractivity contribution in [1.82, 2.24) is 4.98 Å². The maximum Gasteiger partial charge on any atom is 0.523 e. The summed E-state index contributed by atoms with van der Waals surface area (Å²) in [4.78, 5) is 15.9. The van der Waals surface area contributed by atoms with Crippen molar-refractivity contribution in [3.63, 3.8) is 0 Å². The lowest BCUT2D eigenvalue weighted by molar-refractivity contribution is -0.336. The molecule has 0 bridgehead atoms. The number of ether oxygens (including phenoxy) is 3. The number of amides is 1. The third kappa shape index (κ3) is 7.20. The molecule has 4 N–H and O–H groups in total. The molecule has 0 saturated carbocycles. The van der Waals surface area contributed by atoms with Gasteiger partial charge in [0.15, 0.2) is 12.0 Å². The minimum atomic E-state index is -4.82. The van der Waals surface area contributed by atoms with Crippen LogP contribution in [0.15, 0.2) is 54.1 Å². The van der Waals surface area contributed by atoms with Gasteiger partial charge in [0.2, 0.25) is 0 Å². The minimum Gasteiger partial charge on any atom is -0.497 e. The second kappa shape index (κ2) is 10.8. The molecule has 2 aromatic rings. The molecule has 0 spiro atoms. The van der Waals surface area contributed by atoms with Crippen molar-refractivity contribution >= 4 is 11.6 Å². The first-order valence-corrected chi connectivity index (χ1v) is 11.1. The predicted molar refractivity (Wildman–Crippen MR) is 126 cm³/mol. The van der Waals surface area contributed by atoms with Crippen LogP contribution in [0, 0.1) is 5.82 Å². The Balaban J connectivity index is 1.95. The molecule has 0 aliphatic heterocycles. The number of aliphatic hydroxyl groups excluding tert-OH is 1. The highest BCUT2D eigenvalue weighted by atomic mass is 19.4. The molecule has 2 atom stereocenters. The third-order valence-corrected chi connectivity index (χ3v) is 5.37. The maximum atomic E-state index is 13.8. The fourth-order valence-corrected chi connectivity index (χ4v) is 3.48. The molecule has 8 nitrogen and oxygen atoms in total. The average molecular weight is 525 g/mol. The van der Waals surface area contributed by atoms with Gasteiger partial charge in [-0.1, -0.05) is 26.8 Å². The van der Waals surface area contributed by atoms with Gasteiger partial charge >= 0.3 is 6.36 Å². The highest BCUT2D eigenvalue weighted by Crippen LogP contribution is 2.35. The molecule has 0 fully saturated rings. The summed E-state index contributed by atoms with van der Waals surface area (Å²) in [6.45, 7) is 5.74. The number of carbonyl (C=O) groups is 1. The van der Waals surface area contributed by atoms with Gasteiger partial charge in [-0.15, -0.1) is 13.2 Å². The molecule has 12 heteroatoms. The van der Waals surface area contributed by atoms with Crippen LogP contribution in [0.4, 0.5) is 23.2 Å². The van der Waals surface area contributed by atoms with Gasteiger partial charge in [0, 0.05) is 35.5 Å². The molecule has 1 aromatic carbocycles. The zero-order valence-corrected chi connectivity index (χ0v) is 20.5. The second-order valence-electron chi connectivity index (χ2n) is 9.22. The lowest BCUT2D eigenvalue weighted by Crippen LogP contribution is -2.25. The van der Waals surface area contributed by atoms with Gasteiger partial charge in [0.05, 0.1) is 24.3 Å². The Morgan fingerprint density at radius 1 is 1.24 bits per heavy atom. The van der Waals surface area contributed by atoms with Crippen molar-refractivity contribution in [3.05, 3.63) is 76.8 Å². The van der Waals surface area contributed by atoms with Gasteiger partial charge in [-0.05, 0) is 24.3 Å². The Morgan fingerprint density at radius 3 is 2.54 bits per heavy atom. The number of carbonyl (C=O) groups excluding carboxylic acids is 1. The predicted octanol–water partition coefficient (Wildman–Crippen LogP) is 4.82. The number of nitrogens with one attached hydrogen (secondary N) is 1. The number of methoxy groups -OCH3 is 1. The standard InChI is InChI=1S/C25H27F4N3O5/c1-24(2,3)21-11-19(36-18-8-6-14(10-20(18)35-4)37-25(27,28)29)16(12-31-21)23(34)32-13-5-7-17(26)15(9-13)22(30)33/h5-9,11-12,14,23,32,34H,10H2,1-4H3,(H2,30,33). The van der Waals surface area contributed by atoms with Crippen LogP contribution in [-0.2, 0) is 14.9 Å². The number of allylic oxidation sites excluding steroid dienone is 1. The quantitative estimate of drug-likeness (QED) is 0.334. The molecule has 2 unspecified atom stereocenters. The fourth-order valence-electron chi connectivity index (χ4n) is 3.48. The molecule has 1 amide bonds. The number of anilines is 1. The lowest BCUT2D eigenvalue weighted by atomic mass is 9.91. The number of benzene rings is 1. The summed E-state index contributed by atoms with van der Waals surface area (Å²) in [5.41, 5.74) is 5.36. The van der Waals surface area contributed by atoms with Crippen molar-refractivity contribution < 1.29 is 41.7 Å². The van der Waals surface area contributed by atoms with E-state index in [1.165, 1.54) is 31.5 Å². The van der Waals surface area contributed by atoms with E-state index in [4.69, 9.17) is 15.2 Å². The van der Waals surface area contributed by atoms with E-state index in [2.05, 4.69) is 15.0 Å². The molecular formula is C25H27F4N3O5. The summed E-state index contributed by atoms with van der Waals surface area (Å²) >= 11 is 0. The van der Waals surface area contributed by atoms with Gasteiger partial charge in [-0.25, -0.2) is 4.39 Å². The van der Waals surface area contributed by atoms with Gasteiger partial charge in [0.25, 0.3) is 5.91 Å². The van der Waals surface area contributed by atoms with Crippen molar-refractivity contribution in [2.75, 3.05) is 12.4 Å². The van der Waals surface area contributed by atoms with Crippen LogP contribution in [-0.4, -0.2) is 35.6 Å². The number of pyridine rings is 1. The maximum absolute atomic E-state index is 13.8. The van der Waals surface area contributed by atoms with E-state index in [-0.39, 0.29) is 40.5 Å². The van der Waals surface area contributed by atoms with Crippen LogP contribution < -0.4 is 15.8 Å². The van der Waals surface area contributed by atoms with E-state index in [9.17, 15) is 27.5 Å². The van der Waals surface area contributed by atoms with Crippen molar-refractivity contribution in [1.29, 1.82) is 0 Å². The van der Waals surface area contributed by atoms with Crippen LogP contribution >= 0.6 is 0 Å². The molecule has 200 valence electrons. The largest absolute Gasteiger partial charge is 0.523 e. The summed E-state index contributed by atoms with van der Waals surface area (Å²) in [5.74, 6) is -1.44. The van der Waals surface area contributed by atoms with Crippen molar-refractivity contribution in [3.8, 4) is 5.75 Å². The molecule has 37 heavy (non-hydrogen) atoms. The normalized spacial score (nSPS) is 16.9. The van der Waals surface area contributed by atoms with Gasteiger partial charge < -0.3 is 25.6 Å². The monoisotopic (exact) mass is 525 g/mol. The summed E-state index contributed by atoms with van der Waals surface area (Å²) in [6, 6.07) is 5.06. The van der Waals surface area contributed by atoms with E-state index in [1.54, 1.807) is 6.07 Å². The first kappa shape index (κ1) is 27.9. The summed E-state index contributed by atoms with van der Waals surface area (Å²) < 4.78 is 67.1. The number of aliphatic hydroxyl groups is 1. The van der Waals surface area contributed by atoms with Crippen LogP contribution in [0.5, 0.6) is 5.75 Å². The Hall–Kier alpha value is -3.64. The number of primary amides is 1. The SMILES string of the molecule is COC1=C(Oc2cc(C(C)(C)C)ncc2C(O)Nc2ccc(F)c(C(N)=O)c2)C=CC(OC(F)(F)F)C1. The number of nitrogens with two attached hydrogens (primary N) is 1. The highest BCUT2D eigenvalue weighted by Gasteiger charge is 2.35. The Bertz CT molecular complexity index is 1220. The Morgan fingerprint density at radius 2 is 1.95 bits per heavy atom. The third-order valence-electron chi connectivity index (χ3n) is 5.37. The second-order valence-corrected chi connectivity index (χ2v) is 9.22. The summed E-state index contributed by atoms with van der Waals surface area (Å²) in [7, 11) is 1.29. The molecule has 0 saturated heterocycles. The topological polar surface area (TPSA) is 116 Å². The molecule has 1 aromatic heterocycles. The minimum absolute atomic E-state index is 0.101. The van der Waals surface area contributed by atoms with Crippen LogP contribution in [0.25, 0.3) is 0 Å². The fraction of sp³-hybridized carbons (Fsp3) is 0.360. The molecule has 1 aliphatic rings. The lowest BCUT2D eigenvalue weighted by Gasteiger charge is -2.25. The first-order chi connectivity index (χ1) is 17.2. The number of aromatic nitrogens is 1. The molecule has 1 heterocycles. The molecule has 1 aliphatic carbocycles.